The standard InChI is InChI=1S/C20H34O2/c1-8-12-20(13-16(5)14-21,18-11-10-17(6)22-18)19(7,9-2)15(3)4/h8,12,14,16-18H,3,9-11,13H2,1-2,4-7H3. The Bertz CT molecular complexity index is 425. The lowest BCUT2D eigenvalue weighted by Gasteiger charge is -2.52. The van der Waals surface area contributed by atoms with Gasteiger partial charge in [0.2, 0.25) is 0 Å². The van der Waals surface area contributed by atoms with E-state index in [0.29, 0.717) is 6.10 Å². The van der Waals surface area contributed by atoms with Gasteiger partial charge in [-0.3, -0.25) is 0 Å². The van der Waals surface area contributed by atoms with Crippen LogP contribution in [0.1, 0.15) is 67.2 Å². The van der Waals surface area contributed by atoms with Gasteiger partial charge in [-0.05, 0) is 51.9 Å². The lowest BCUT2D eigenvalue weighted by Crippen LogP contribution is -2.49. The molecule has 2 nitrogen and oxygen atoms in total. The number of aldehydes is 1. The van der Waals surface area contributed by atoms with Crippen LogP contribution in [0, 0.1) is 16.7 Å². The van der Waals surface area contributed by atoms with Gasteiger partial charge in [0.25, 0.3) is 0 Å². The van der Waals surface area contributed by atoms with E-state index in [9.17, 15) is 4.79 Å². The molecule has 0 aliphatic carbocycles. The topological polar surface area (TPSA) is 26.3 Å². The summed E-state index contributed by atoms with van der Waals surface area (Å²) in [6, 6.07) is 0. The van der Waals surface area contributed by atoms with Gasteiger partial charge in [-0.2, -0.15) is 0 Å². The van der Waals surface area contributed by atoms with Crippen molar-refractivity contribution in [3.8, 4) is 0 Å². The number of carbonyl (C=O) groups is 1. The molecule has 1 heterocycles. The Balaban J connectivity index is 3.43. The summed E-state index contributed by atoms with van der Waals surface area (Å²) in [5.41, 5.74) is 0.924. The maximum absolute atomic E-state index is 11.4. The molecule has 0 amide bonds. The molecule has 0 bridgehead atoms. The maximum atomic E-state index is 11.4. The summed E-state index contributed by atoms with van der Waals surface area (Å²) in [5.74, 6) is 0.0148. The van der Waals surface area contributed by atoms with E-state index in [0.717, 1.165) is 32.0 Å². The van der Waals surface area contributed by atoms with E-state index in [-0.39, 0.29) is 22.9 Å². The average molecular weight is 306 g/mol. The summed E-state index contributed by atoms with van der Waals surface area (Å²) in [4.78, 5) is 11.4. The number of hydrogen-bond donors (Lipinski definition) is 0. The van der Waals surface area contributed by atoms with Crippen LogP contribution in [0.25, 0.3) is 0 Å². The SMILES string of the molecule is C=C(C)C(C)(CC)C(C=CC)(CC(C)C=O)C1CCC(C)O1. The minimum Gasteiger partial charge on any atom is -0.374 e. The van der Waals surface area contributed by atoms with Crippen LogP contribution in [0.5, 0.6) is 0 Å². The van der Waals surface area contributed by atoms with Crippen LogP contribution in [0.4, 0.5) is 0 Å². The van der Waals surface area contributed by atoms with Crippen LogP contribution in [0.15, 0.2) is 24.3 Å². The number of allylic oxidation sites excluding steroid dienone is 2. The van der Waals surface area contributed by atoms with E-state index in [1.165, 1.54) is 5.57 Å². The quantitative estimate of drug-likeness (QED) is 0.447. The lowest BCUT2D eigenvalue weighted by atomic mass is 9.54. The van der Waals surface area contributed by atoms with Crippen molar-refractivity contribution >= 4 is 6.29 Å². The van der Waals surface area contributed by atoms with Gasteiger partial charge in [-0.15, -0.1) is 0 Å². The minimum absolute atomic E-state index is 0.0148. The van der Waals surface area contributed by atoms with Crippen LogP contribution in [-0.2, 0) is 9.53 Å². The monoisotopic (exact) mass is 306 g/mol. The van der Waals surface area contributed by atoms with Gasteiger partial charge < -0.3 is 9.53 Å². The van der Waals surface area contributed by atoms with Crippen molar-refractivity contribution in [3.05, 3.63) is 24.3 Å². The Morgan fingerprint density at radius 1 is 1.45 bits per heavy atom. The van der Waals surface area contributed by atoms with Crippen LogP contribution in [0.2, 0.25) is 0 Å². The summed E-state index contributed by atoms with van der Waals surface area (Å²) < 4.78 is 6.31. The Morgan fingerprint density at radius 2 is 2.09 bits per heavy atom. The van der Waals surface area contributed by atoms with Crippen molar-refractivity contribution < 1.29 is 9.53 Å². The largest absolute Gasteiger partial charge is 0.374 e. The number of rotatable bonds is 8. The Kier molecular flexibility index (Phi) is 6.61. The van der Waals surface area contributed by atoms with Crippen molar-refractivity contribution in [3.63, 3.8) is 0 Å². The first-order valence-electron chi connectivity index (χ1n) is 8.68. The second-order valence-corrected chi connectivity index (χ2v) is 7.34. The Morgan fingerprint density at radius 3 is 2.45 bits per heavy atom. The second kappa shape index (κ2) is 7.59. The van der Waals surface area contributed by atoms with E-state index in [4.69, 9.17) is 4.74 Å². The molecule has 5 atom stereocenters. The van der Waals surface area contributed by atoms with Gasteiger partial charge in [0.15, 0.2) is 0 Å². The van der Waals surface area contributed by atoms with Crippen molar-refractivity contribution in [2.24, 2.45) is 16.7 Å². The van der Waals surface area contributed by atoms with E-state index in [1.807, 2.05) is 6.92 Å². The molecule has 1 aliphatic heterocycles. The Hall–Kier alpha value is -0.890. The summed E-state index contributed by atoms with van der Waals surface area (Å²) in [5, 5.41) is 0. The molecule has 0 aromatic heterocycles. The fourth-order valence-electron chi connectivity index (χ4n) is 4.16. The lowest BCUT2D eigenvalue weighted by molar-refractivity contribution is -0.114. The van der Waals surface area contributed by atoms with Gasteiger partial charge in [0.05, 0.1) is 12.2 Å². The highest BCUT2D eigenvalue weighted by molar-refractivity contribution is 5.53. The first-order valence-corrected chi connectivity index (χ1v) is 8.68. The molecule has 1 saturated heterocycles. The van der Waals surface area contributed by atoms with Crippen molar-refractivity contribution in [2.75, 3.05) is 0 Å². The molecule has 0 aromatic rings. The first-order chi connectivity index (χ1) is 10.3. The zero-order chi connectivity index (χ0) is 17.0. The summed E-state index contributed by atoms with van der Waals surface area (Å²) >= 11 is 0. The number of carbonyl (C=O) groups excluding carboxylic acids is 1. The third kappa shape index (κ3) is 3.37. The normalized spacial score (nSPS) is 29.0. The number of ether oxygens (including phenoxy) is 1. The van der Waals surface area contributed by atoms with Gasteiger partial charge in [0, 0.05) is 11.3 Å². The molecule has 0 N–H and O–H groups in total. The van der Waals surface area contributed by atoms with E-state index >= 15 is 0 Å². The Labute approximate surface area is 137 Å². The molecule has 1 rings (SSSR count). The summed E-state index contributed by atoms with van der Waals surface area (Å²) in [7, 11) is 0. The van der Waals surface area contributed by atoms with Gasteiger partial charge in [-0.1, -0.05) is 45.1 Å². The molecule has 0 radical (unpaired) electrons. The van der Waals surface area contributed by atoms with Crippen LogP contribution in [-0.4, -0.2) is 18.5 Å². The predicted molar refractivity (Wildman–Crippen MR) is 93.9 cm³/mol. The molecule has 126 valence electrons. The second-order valence-electron chi connectivity index (χ2n) is 7.34. The first kappa shape index (κ1) is 19.2. The van der Waals surface area contributed by atoms with E-state index < -0.39 is 0 Å². The summed E-state index contributed by atoms with van der Waals surface area (Å²) in [6.07, 6.45) is 9.91. The van der Waals surface area contributed by atoms with Gasteiger partial charge in [-0.25, -0.2) is 0 Å². The van der Waals surface area contributed by atoms with Crippen molar-refractivity contribution in [1.29, 1.82) is 0 Å². The van der Waals surface area contributed by atoms with Crippen LogP contribution < -0.4 is 0 Å². The molecule has 1 aliphatic rings. The van der Waals surface area contributed by atoms with Gasteiger partial charge >= 0.3 is 0 Å². The van der Waals surface area contributed by atoms with Gasteiger partial charge in [0.1, 0.15) is 6.29 Å². The molecule has 5 unspecified atom stereocenters. The summed E-state index contributed by atoms with van der Waals surface area (Å²) in [6.45, 7) is 17.1. The third-order valence-electron chi connectivity index (χ3n) is 5.84. The molecule has 1 fully saturated rings. The highest BCUT2D eigenvalue weighted by Crippen LogP contribution is 2.56. The molecule has 0 saturated carbocycles. The van der Waals surface area contributed by atoms with Crippen molar-refractivity contribution in [1.82, 2.24) is 0 Å². The minimum atomic E-state index is -0.173. The average Bonchev–Trinajstić information content (AvgIpc) is 2.92. The number of hydrogen-bond acceptors (Lipinski definition) is 2. The fraction of sp³-hybridized carbons (Fsp3) is 0.750. The van der Waals surface area contributed by atoms with E-state index in [1.54, 1.807) is 0 Å². The third-order valence-corrected chi connectivity index (χ3v) is 5.84. The predicted octanol–water partition coefficient (Wildman–Crippen LogP) is 5.33. The zero-order valence-electron chi connectivity index (χ0n) is 15.3. The van der Waals surface area contributed by atoms with Crippen molar-refractivity contribution in [2.45, 2.75) is 79.4 Å². The van der Waals surface area contributed by atoms with Crippen LogP contribution in [0.3, 0.4) is 0 Å². The van der Waals surface area contributed by atoms with Crippen LogP contribution >= 0.6 is 0 Å². The molecular weight excluding hydrogens is 272 g/mol. The fourth-order valence-corrected chi connectivity index (χ4v) is 4.16. The maximum Gasteiger partial charge on any atom is 0.122 e. The molecule has 0 aromatic carbocycles. The molecular formula is C20H34O2. The van der Waals surface area contributed by atoms with E-state index in [2.05, 4.69) is 53.3 Å². The smallest absolute Gasteiger partial charge is 0.122 e. The molecule has 0 spiro atoms. The highest BCUT2D eigenvalue weighted by Gasteiger charge is 2.53. The zero-order valence-corrected chi connectivity index (χ0v) is 15.3. The molecule has 2 heteroatoms. The highest BCUT2D eigenvalue weighted by atomic mass is 16.5. The molecule has 22 heavy (non-hydrogen) atoms.